The number of aliphatic carboxylic acids is 1. The smallest absolute Gasteiger partial charge is 0.304 e. The second kappa shape index (κ2) is 7.07. The van der Waals surface area contributed by atoms with Crippen molar-refractivity contribution < 1.29 is 14.6 Å². The van der Waals surface area contributed by atoms with Gasteiger partial charge in [-0.25, -0.2) is 0 Å². The Labute approximate surface area is 109 Å². The van der Waals surface area contributed by atoms with Crippen molar-refractivity contribution in [2.45, 2.75) is 19.3 Å². The van der Waals surface area contributed by atoms with E-state index in [-0.39, 0.29) is 6.42 Å². The molecule has 0 radical (unpaired) electrons. The minimum atomic E-state index is -0.697. The maximum absolute atomic E-state index is 10.5. The van der Waals surface area contributed by atoms with Crippen LogP contribution in [0.3, 0.4) is 0 Å². The molecule has 0 amide bonds. The molecule has 0 bridgehead atoms. The fourth-order valence-corrected chi connectivity index (χ4v) is 2.77. The predicted octanol–water partition coefficient (Wildman–Crippen LogP) is 0.505. The lowest BCUT2D eigenvalue weighted by atomic mass is 10.0. The standard InChI is InChI=1S/C13H24N2O3/c16-13(17)3-4-14-5-7-15(8-6-14)10-12-2-1-9-18-11-12/h12H,1-11H2,(H,16,17). The first-order chi connectivity index (χ1) is 8.74. The topological polar surface area (TPSA) is 53.0 Å². The predicted molar refractivity (Wildman–Crippen MR) is 68.7 cm³/mol. The SMILES string of the molecule is O=C(O)CCN1CCN(CC2CCCOC2)CC1. The van der Waals surface area contributed by atoms with Gasteiger partial charge in [-0.2, -0.15) is 0 Å². The van der Waals surface area contributed by atoms with Gasteiger partial charge in [0.05, 0.1) is 13.0 Å². The third-order valence-corrected chi connectivity index (χ3v) is 3.88. The zero-order valence-corrected chi connectivity index (χ0v) is 11.0. The van der Waals surface area contributed by atoms with Gasteiger partial charge < -0.3 is 19.6 Å². The van der Waals surface area contributed by atoms with Gasteiger partial charge in [0, 0.05) is 45.9 Å². The van der Waals surface area contributed by atoms with Gasteiger partial charge in [-0.05, 0) is 18.8 Å². The average molecular weight is 256 g/mol. The number of carboxylic acids is 1. The number of hydrogen-bond donors (Lipinski definition) is 1. The Kier molecular flexibility index (Phi) is 5.41. The molecule has 2 fully saturated rings. The van der Waals surface area contributed by atoms with E-state index in [1.54, 1.807) is 0 Å². The van der Waals surface area contributed by atoms with Crippen LogP contribution in [0.25, 0.3) is 0 Å². The third-order valence-electron chi connectivity index (χ3n) is 3.88. The van der Waals surface area contributed by atoms with Crippen LogP contribution in [0, 0.1) is 5.92 Å². The van der Waals surface area contributed by atoms with Gasteiger partial charge in [-0.1, -0.05) is 0 Å². The highest BCUT2D eigenvalue weighted by molar-refractivity contribution is 5.66. The maximum atomic E-state index is 10.5. The largest absolute Gasteiger partial charge is 0.481 e. The summed E-state index contributed by atoms with van der Waals surface area (Å²) in [6.07, 6.45) is 2.75. The molecule has 104 valence electrons. The molecule has 1 N–H and O–H groups in total. The molecule has 2 aliphatic rings. The van der Waals surface area contributed by atoms with Crippen molar-refractivity contribution in [3.8, 4) is 0 Å². The van der Waals surface area contributed by atoms with Gasteiger partial charge in [-0.15, -0.1) is 0 Å². The fourth-order valence-electron chi connectivity index (χ4n) is 2.77. The van der Waals surface area contributed by atoms with E-state index in [1.165, 1.54) is 12.8 Å². The summed E-state index contributed by atoms with van der Waals surface area (Å²) < 4.78 is 5.51. The normalized spacial score (nSPS) is 27.2. The molecule has 5 heteroatoms. The minimum Gasteiger partial charge on any atom is -0.481 e. The maximum Gasteiger partial charge on any atom is 0.304 e. The van der Waals surface area contributed by atoms with Crippen LogP contribution < -0.4 is 0 Å². The first-order valence-electron chi connectivity index (χ1n) is 6.98. The molecule has 0 spiro atoms. The van der Waals surface area contributed by atoms with Crippen LogP contribution in [0.4, 0.5) is 0 Å². The molecular formula is C13H24N2O3. The van der Waals surface area contributed by atoms with E-state index in [0.29, 0.717) is 12.5 Å². The number of rotatable bonds is 5. The molecule has 0 aliphatic carbocycles. The Morgan fingerprint density at radius 3 is 2.56 bits per heavy atom. The lowest BCUT2D eigenvalue weighted by Gasteiger charge is -2.37. The molecule has 5 nitrogen and oxygen atoms in total. The Morgan fingerprint density at radius 1 is 1.22 bits per heavy atom. The van der Waals surface area contributed by atoms with Gasteiger partial charge >= 0.3 is 5.97 Å². The van der Waals surface area contributed by atoms with Crippen molar-refractivity contribution in [3.63, 3.8) is 0 Å². The lowest BCUT2D eigenvalue weighted by molar-refractivity contribution is -0.137. The minimum absolute atomic E-state index is 0.260. The second-order valence-electron chi connectivity index (χ2n) is 5.37. The Bertz CT molecular complexity index is 259. The van der Waals surface area contributed by atoms with Crippen LogP contribution in [-0.2, 0) is 9.53 Å². The quantitative estimate of drug-likeness (QED) is 0.776. The number of piperazine rings is 1. The van der Waals surface area contributed by atoms with Crippen molar-refractivity contribution in [2.75, 3.05) is 52.5 Å². The zero-order valence-electron chi connectivity index (χ0n) is 11.0. The Balaban J connectivity index is 1.62. The summed E-state index contributed by atoms with van der Waals surface area (Å²) in [5.41, 5.74) is 0. The molecule has 2 saturated heterocycles. The van der Waals surface area contributed by atoms with Crippen LogP contribution in [0.1, 0.15) is 19.3 Å². The van der Waals surface area contributed by atoms with Gasteiger partial charge in [0.1, 0.15) is 0 Å². The molecule has 0 aromatic rings. The van der Waals surface area contributed by atoms with Crippen molar-refractivity contribution >= 4 is 5.97 Å². The van der Waals surface area contributed by atoms with E-state index in [4.69, 9.17) is 9.84 Å². The van der Waals surface area contributed by atoms with E-state index < -0.39 is 5.97 Å². The summed E-state index contributed by atoms with van der Waals surface area (Å²) in [7, 11) is 0. The third kappa shape index (κ3) is 4.55. The first kappa shape index (κ1) is 13.8. The van der Waals surface area contributed by atoms with Crippen LogP contribution >= 0.6 is 0 Å². The van der Waals surface area contributed by atoms with Crippen molar-refractivity contribution in [1.29, 1.82) is 0 Å². The first-order valence-corrected chi connectivity index (χ1v) is 6.98. The van der Waals surface area contributed by atoms with Gasteiger partial charge in [0.2, 0.25) is 0 Å². The van der Waals surface area contributed by atoms with E-state index in [0.717, 1.165) is 45.9 Å². The summed E-state index contributed by atoms with van der Waals surface area (Å²) in [6.45, 7) is 7.81. The summed E-state index contributed by atoms with van der Waals surface area (Å²) in [4.78, 5) is 15.3. The molecule has 18 heavy (non-hydrogen) atoms. The monoisotopic (exact) mass is 256 g/mol. The molecule has 1 unspecified atom stereocenters. The highest BCUT2D eigenvalue weighted by atomic mass is 16.5. The molecule has 0 aromatic heterocycles. The zero-order chi connectivity index (χ0) is 12.8. The van der Waals surface area contributed by atoms with E-state index in [1.807, 2.05) is 0 Å². The van der Waals surface area contributed by atoms with Crippen LogP contribution in [0.5, 0.6) is 0 Å². The fraction of sp³-hybridized carbons (Fsp3) is 0.923. The molecule has 2 aliphatic heterocycles. The highest BCUT2D eigenvalue weighted by Gasteiger charge is 2.21. The molecule has 1 atom stereocenters. The van der Waals surface area contributed by atoms with Gasteiger partial charge in [-0.3, -0.25) is 4.79 Å². The van der Waals surface area contributed by atoms with E-state index in [2.05, 4.69) is 9.80 Å². The van der Waals surface area contributed by atoms with E-state index >= 15 is 0 Å². The summed E-state index contributed by atoms with van der Waals surface area (Å²) in [6, 6.07) is 0. The summed E-state index contributed by atoms with van der Waals surface area (Å²) >= 11 is 0. The molecule has 2 heterocycles. The summed E-state index contributed by atoms with van der Waals surface area (Å²) in [5.74, 6) is 0.00102. The molecule has 0 aromatic carbocycles. The number of nitrogens with zero attached hydrogens (tertiary/aromatic N) is 2. The lowest BCUT2D eigenvalue weighted by Crippen LogP contribution is -2.48. The Morgan fingerprint density at radius 2 is 1.94 bits per heavy atom. The average Bonchev–Trinajstić information content (AvgIpc) is 2.39. The molecule has 0 saturated carbocycles. The van der Waals surface area contributed by atoms with Gasteiger partial charge in [0.15, 0.2) is 0 Å². The number of carbonyl (C=O) groups is 1. The number of hydrogen-bond acceptors (Lipinski definition) is 4. The van der Waals surface area contributed by atoms with Crippen molar-refractivity contribution in [3.05, 3.63) is 0 Å². The molecule has 2 rings (SSSR count). The molecular weight excluding hydrogens is 232 g/mol. The van der Waals surface area contributed by atoms with Crippen LogP contribution in [0.15, 0.2) is 0 Å². The summed E-state index contributed by atoms with van der Waals surface area (Å²) in [5, 5.41) is 8.66. The van der Waals surface area contributed by atoms with Gasteiger partial charge in [0.25, 0.3) is 0 Å². The van der Waals surface area contributed by atoms with Crippen LogP contribution in [0.2, 0.25) is 0 Å². The van der Waals surface area contributed by atoms with E-state index in [9.17, 15) is 4.79 Å². The Hall–Kier alpha value is -0.650. The highest BCUT2D eigenvalue weighted by Crippen LogP contribution is 2.16. The van der Waals surface area contributed by atoms with Crippen LogP contribution in [-0.4, -0.2) is 73.4 Å². The van der Waals surface area contributed by atoms with Crippen molar-refractivity contribution in [2.24, 2.45) is 5.92 Å². The second-order valence-corrected chi connectivity index (χ2v) is 5.37. The van der Waals surface area contributed by atoms with Crippen molar-refractivity contribution in [1.82, 2.24) is 9.80 Å². The number of carboxylic acid groups (broad SMARTS) is 1. The number of ether oxygens (including phenoxy) is 1.